The highest BCUT2D eigenvalue weighted by Gasteiger charge is 2.22. The Bertz CT molecular complexity index is 850. The van der Waals surface area contributed by atoms with Gasteiger partial charge in [-0.3, -0.25) is 9.47 Å². The second-order valence-electron chi connectivity index (χ2n) is 8.71. The van der Waals surface area contributed by atoms with Gasteiger partial charge >= 0.3 is 0 Å². The van der Waals surface area contributed by atoms with Crippen molar-refractivity contribution in [3.05, 3.63) is 40.7 Å². The summed E-state index contributed by atoms with van der Waals surface area (Å²) in [6, 6.07) is 10.5. The van der Waals surface area contributed by atoms with E-state index < -0.39 is 0 Å². The Morgan fingerprint density at radius 2 is 1.63 bits per heavy atom. The first kappa shape index (κ1) is 21.5. The molecule has 2 aliphatic heterocycles. The molecule has 0 unspecified atom stereocenters. The lowest BCUT2D eigenvalue weighted by molar-refractivity contribution is 0.0948. The fourth-order valence-corrected chi connectivity index (χ4v) is 4.49. The molecule has 7 nitrogen and oxygen atoms in total. The van der Waals surface area contributed by atoms with Crippen LogP contribution in [0.4, 0.5) is 5.95 Å². The molecule has 0 aliphatic carbocycles. The maximum absolute atomic E-state index is 5.90. The highest BCUT2D eigenvalue weighted by Crippen LogP contribution is 2.18. The van der Waals surface area contributed by atoms with Gasteiger partial charge in [-0.1, -0.05) is 44.2 Å². The van der Waals surface area contributed by atoms with Gasteiger partial charge in [0, 0.05) is 45.8 Å². The minimum atomic E-state index is 0.718. The van der Waals surface area contributed by atoms with Gasteiger partial charge < -0.3 is 14.5 Å². The molecule has 0 N–H and O–H groups in total. The third-order valence-electron chi connectivity index (χ3n) is 5.80. The molecule has 3 heterocycles. The summed E-state index contributed by atoms with van der Waals surface area (Å²) in [5, 5.41) is 4.98. The van der Waals surface area contributed by atoms with E-state index in [1.807, 2.05) is 10.7 Å². The maximum atomic E-state index is 5.90. The summed E-state index contributed by atoms with van der Waals surface area (Å²) in [6.07, 6.45) is 0. The molecule has 1 aromatic carbocycles. The summed E-state index contributed by atoms with van der Waals surface area (Å²) < 4.78 is 10.5. The molecule has 30 heavy (non-hydrogen) atoms. The first-order chi connectivity index (χ1) is 14.6. The van der Waals surface area contributed by atoms with Crippen molar-refractivity contribution in [2.75, 3.05) is 63.9 Å². The normalized spacial score (nSPS) is 19.0. The van der Waals surface area contributed by atoms with Crippen molar-refractivity contribution >= 4 is 18.2 Å². The minimum absolute atomic E-state index is 0.718. The van der Waals surface area contributed by atoms with Crippen LogP contribution < -0.4 is 4.90 Å². The van der Waals surface area contributed by atoms with Crippen molar-refractivity contribution in [1.29, 1.82) is 0 Å². The maximum Gasteiger partial charge on any atom is 0.226 e. The SMILES string of the molecule is CC(C)CN1CCN(Cn2nc(N3CCOCC3)n(Cc3ccccc3)c2=S)CC1. The number of morpholine rings is 1. The van der Waals surface area contributed by atoms with Crippen LogP contribution in [-0.2, 0) is 18.0 Å². The van der Waals surface area contributed by atoms with Crippen LogP contribution in [0.3, 0.4) is 0 Å². The Hall–Kier alpha value is -1.74. The van der Waals surface area contributed by atoms with Crippen molar-refractivity contribution in [3.8, 4) is 0 Å². The van der Waals surface area contributed by atoms with Gasteiger partial charge in [0.05, 0.1) is 26.4 Å². The van der Waals surface area contributed by atoms with Crippen LogP contribution in [0.5, 0.6) is 0 Å². The highest BCUT2D eigenvalue weighted by atomic mass is 32.1. The van der Waals surface area contributed by atoms with Crippen molar-refractivity contribution in [1.82, 2.24) is 24.1 Å². The molecule has 0 saturated carbocycles. The van der Waals surface area contributed by atoms with Crippen LogP contribution >= 0.6 is 12.2 Å². The summed E-state index contributed by atoms with van der Waals surface area (Å²) in [4.78, 5) is 7.34. The van der Waals surface area contributed by atoms with Crippen LogP contribution in [0.15, 0.2) is 30.3 Å². The highest BCUT2D eigenvalue weighted by molar-refractivity contribution is 7.71. The number of hydrogen-bond donors (Lipinski definition) is 0. The van der Waals surface area contributed by atoms with Gasteiger partial charge in [-0.2, -0.15) is 0 Å². The molecule has 164 valence electrons. The van der Waals surface area contributed by atoms with Gasteiger partial charge in [0.25, 0.3) is 0 Å². The Morgan fingerprint density at radius 3 is 2.30 bits per heavy atom. The molecule has 0 radical (unpaired) electrons. The predicted octanol–water partition coefficient (Wildman–Crippen LogP) is 2.53. The van der Waals surface area contributed by atoms with Crippen molar-refractivity contribution < 1.29 is 4.74 Å². The molecule has 2 aliphatic rings. The summed E-state index contributed by atoms with van der Waals surface area (Å²) >= 11 is 5.90. The topological polar surface area (TPSA) is 41.7 Å². The van der Waals surface area contributed by atoms with Gasteiger partial charge in [-0.05, 0) is 23.7 Å². The molecule has 1 aromatic heterocycles. The molecular formula is C22H34N6OS. The standard InChI is InChI=1S/C22H34N6OS/c1-19(2)16-24-8-10-25(11-9-24)18-28-22(30)27(17-20-6-4-3-5-7-20)21(23-28)26-12-14-29-15-13-26/h3-7,19H,8-18H2,1-2H3. The molecule has 2 saturated heterocycles. The van der Waals surface area contributed by atoms with Crippen molar-refractivity contribution in [2.45, 2.75) is 27.1 Å². The van der Waals surface area contributed by atoms with E-state index >= 15 is 0 Å². The van der Waals surface area contributed by atoms with Gasteiger partial charge in [0.1, 0.15) is 0 Å². The zero-order valence-electron chi connectivity index (χ0n) is 18.2. The second-order valence-corrected chi connectivity index (χ2v) is 9.07. The number of rotatable bonds is 7. The van der Waals surface area contributed by atoms with Crippen LogP contribution in [-0.4, -0.2) is 83.2 Å². The van der Waals surface area contributed by atoms with E-state index in [4.69, 9.17) is 22.1 Å². The summed E-state index contributed by atoms with van der Waals surface area (Å²) in [6.45, 7) is 14.8. The number of piperazine rings is 1. The van der Waals surface area contributed by atoms with Crippen molar-refractivity contribution in [3.63, 3.8) is 0 Å². The van der Waals surface area contributed by atoms with Gasteiger partial charge in [0.2, 0.25) is 10.7 Å². The Labute approximate surface area is 184 Å². The molecule has 0 amide bonds. The van der Waals surface area contributed by atoms with Crippen LogP contribution in [0.2, 0.25) is 0 Å². The van der Waals surface area contributed by atoms with Crippen LogP contribution in [0.25, 0.3) is 0 Å². The average molecular weight is 431 g/mol. The lowest BCUT2D eigenvalue weighted by Gasteiger charge is -2.35. The van der Waals surface area contributed by atoms with E-state index in [2.05, 4.69) is 57.4 Å². The fraction of sp³-hybridized carbons (Fsp3) is 0.636. The van der Waals surface area contributed by atoms with E-state index in [0.29, 0.717) is 0 Å². The third-order valence-corrected chi connectivity index (χ3v) is 6.23. The largest absolute Gasteiger partial charge is 0.378 e. The summed E-state index contributed by atoms with van der Waals surface area (Å²) in [5.74, 6) is 1.68. The molecule has 0 bridgehead atoms. The Balaban J connectivity index is 1.51. The molecule has 8 heteroatoms. The zero-order valence-corrected chi connectivity index (χ0v) is 19.1. The number of nitrogens with zero attached hydrogens (tertiary/aromatic N) is 6. The van der Waals surface area contributed by atoms with Crippen LogP contribution in [0.1, 0.15) is 19.4 Å². The quantitative estimate of drug-likeness (QED) is 0.629. The lowest BCUT2D eigenvalue weighted by Crippen LogP contribution is -2.47. The number of ether oxygens (including phenoxy) is 1. The van der Waals surface area contributed by atoms with E-state index in [1.54, 1.807) is 0 Å². The number of hydrogen-bond acceptors (Lipinski definition) is 6. The first-order valence-corrected chi connectivity index (χ1v) is 11.5. The first-order valence-electron chi connectivity index (χ1n) is 11.1. The van der Waals surface area contributed by atoms with Gasteiger partial charge in [-0.25, -0.2) is 4.68 Å². The predicted molar refractivity (Wildman–Crippen MR) is 122 cm³/mol. The number of benzene rings is 1. The summed E-state index contributed by atoms with van der Waals surface area (Å²) in [7, 11) is 0. The van der Waals surface area contributed by atoms with E-state index in [0.717, 1.165) is 82.3 Å². The number of anilines is 1. The van der Waals surface area contributed by atoms with Gasteiger partial charge in [-0.15, -0.1) is 5.10 Å². The fourth-order valence-electron chi connectivity index (χ4n) is 4.24. The molecular weight excluding hydrogens is 396 g/mol. The minimum Gasteiger partial charge on any atom is -0.378 e. The van der Waals surface area contributed by atoms with Crippen LogP contribution in [0, 0.1) is 10.7 Å². The molecule has 4 rings (SSSR count). The van der Waals surface area contributed by atoms with Crippen molar-refractivity contribution in [2.24, 2.45) is 5.92 Å². The van der Waals surface area contributed by atoms with E-state index in [1.165, 1.54) is 12.1 Å². The number of aromatic nitrogens is 3. The molecule has 2 aromatic rings. The molecule has 0 atom stereocenters. The third kappa shape index (κ3) is 5.29. The molecule has 0 spiro atoms. The summed E-state index contributed by atoms with van der Waals surface area (Å²) in [5.41, 5.74) is 1.24. The lowest BCUT2D eigenvalue weighted by atomic mass is 10.2. The van der Waals surface area contributed by atoms with Gasteiger partial charge in [0.15, 0.2) is 0 Å². The monoisotopic (exact) mass is 430 g/mol. The average Bonchev–Trinajstić information content (AvgIpc) is 3.06. The van der Waals surface area contributed by atoms with E-state index in [9.17, 15) is 0 Å². The Morgan fingerprint density at radius 1 is 0.967 bits per heavy atom. The van der Waals surface area contributed by atoms with E-state index in [-0.39, 0.29) is 0 Å². The Kier molecular flexibility index (Phi) is 7.20. The second kappa shape index (κ2) is 10.0. The molecule has 2 fully saturated rings. The smallest absolute Gasteiger partial charge is 0.226 e. The zero-order chi connectivity index (χ0) is 20.9.